The Morgan fingerprint density at radius 1 is 1.00 bits per heavy atom. The summed E-state index contributed by atoms with van der Waals surface area (Å²) in [6.07, 6.45) is 4.44. The van der Waals surface area contributed by atoms with Crippen molar-refractivity contribution in [3.05, 3.63) is 96.2 Å². The van der Waals surface area contributed by atoms with Gasteiger partial charge in [-0.1, -0.05) is 25.1 Å². The van der Waals surface area contributed by atoms with Crippen LogP contribution < -0.4 is 14.9 Å². The van der Waals surface area contributed by atoms with E-state index in [0.29, 0.717) is 17.9 Å². The minimum atomic E-state index is -0.312. The quantitative estimate of drug-likeness (QED) is 0.282. The molecule has 0 aliphatic carbocycles. The molecule has 172 valence electrons. The molecule has 7 nitrogen and oxygen atoms in total. The number of methoxy groups -OCH3 is 1. The van der Waals surface area contributed by atoms with Gasteiger partial charge in [0, 0.05) is 22.9 Å². The molecule has 1 heterocycles. The summed E-state index contributed by atoms with van der Waals surface area (Å²) in [4.78, 5) is 12.4. The molecule has 4 rings (SSSR count). The second kappa shape index (κ2) is 11.0. The van der Waals surface area contributed by atoms with Crippen LogP contribution >= 0.6 is 0 Å². The van der Waals surface area contributed by atoms with Crippen LogP contribution in [0.2, 0.25) is 0 Å². The van der Waals surface area contributed by atoms with Crippen LogP contribution in [0.25, 0.3) is 16.9 Å². The van der Waals surface area contributed by atoms with Gasteiger partial charge in [0.2, 0.25) is 0 Å². The SMILES string of the molecule is CCCOc1ccc(-c2nn(-c3ccccc3)cc2/C=N\NC(=O)c2ccc(OC)cc2)cc1. The number of carbonyl (C=O) groups excluding carboxylic acids is 1. The second-order valence-electron chi connectivity index (χ2n) is 7.51. The van der Waals surface area contributed by atoms with Crippen LogP contribution in [0.4, 0.5) is 0 Å². The number of amides is 1. The topological polar surface area (TPSA) is 77.7 Å². The van der Waals surface area contributed by atoms with Gasteiger partial charge < -0.3 is 9.47 Å². The van der Waals surface area contributed by atoms with Crippen molar-refractivity contribution >= 4 is 12.1 Å². The predicted molar refractivity (Wildman–Crippen MR) is 133 cm³/mol. The maximum absolute atomic E-state index is 12.4. The van der Waals surface area contributed by atoms with E-state index >= 15 is 0 Å². The molecule has 1 aromatic heterocycles. The summed E-state index contributed by atoms with van der Waals surface area (Å²) >= 11 is 0. The van der Waals surface area contributed by atoms with Crippen molar-refractivity contribution in [3.63, 3.8) is 0 Å². The first-order chi connectivity index (χ1) is 16.7. The summed E-state index contributed by atoms with van der Waals surface area (Å²) in [5.74, 6) is 1.19. The number of hydrogen-bond acceptors (Lipinski definition) is 5. The van der Waals surface area contributed by atoms with Crippen molar-refractivity contribution in [3.8, 4) is 28.4 Å². The zero-order valence-corrected chi connectivity index (χ0v) is 19.1. The van der Waals surface area contributed by atoms with Crippen molar-refractivity contribution in [1.82, 2.24) is 15.2 Å². The van der Waals surface area contributed by atoms with Crippen LogP contribution in [-0.4, -0.2) is 35.6 Å². The van der Waals surface area contributed by atoms with Gasteiger partial charge >= 0.3 is 0 Å². The zero-order valence-electron chi connectivity index (χ0n) is 19.1. The zero-order chi connectivity index (χ0) is 23.8. The molecule has 0 aliphatic rings. The highest BCUT2D eigenvalue weighted by atomic mass is 16.5. The standard InChI is InChI=1S/C27H26N4O3/c1-3-17-34-25-15-9-20(10-16-25)26-22(19-31(30-26)23-7-5-4-6-8-23)18-28-29-27(32)21-11-13-24(33-2)14-12-21/h4-16,18-19H,3,17H2,1-2H3,(H,29,32)/b28-18-. The molecular formula is C27H26N4O3. The van der Waals surface area contributed by atoms with Gasteiger partial charge in [0.25, 0.3) is 5.91 Å². The maximum Gasteiger partial charge on any atom is 0.271 e. The average Bonchev–Trinajstić information content (AvgIpc) is 3.32. The Morgan fingerprint density at radius 2 is 1.71 bits per heavy atom. The third kappa shape index (κ3) is 5.50. The Labute approximate surface area is 198 Å². The number of hydrogen-bond donors (Lipinski definition) is 1. The lowest BCUT2D eigenvalue weighted by Gasteiger charge is -2.05. The Hall–Kier alpha value is -4.39. The number of benzene rings is 3. The number of hydrazone groups is 1. The second-order valence-corrected chi connectivity index (χ2v) is 7.51. The molecule has 0 spiro atoms. The molecule has 0 saturated heterocycles. The van der Waals surface area contributed by atoms with Crippen LogP contribution in [0.15, 0.2) is 90.2 Å². The fraction of sp³-hybridized carbons (Fsp3) is 0.148. The fourth-order valence-corrected chi connectivity index (χ4v) is 3.32. The maximum atomic E-state index is 12.4. The highest BCUT2D eigenvalue weighted by Gasteiger charge is 2.12. The van der Waals surface area contributed by atoms with Gasteiger partial charge in [-0.05, 0) is 67.1 Å². The van der Waals surface area contributed by atoms with Gasteiger partial charge in [-0.15, -0.1) is 0 Å². The number of rotatable bonds is 9. The fourth-order valence-electron chi connectivity index (χ4n) is 3.32. The van der Waals surface area contributed by atoms with E-state index < -0.39 is 0 Å². The van der Waals surface area contributed by atoms with E-state index in [2.05, 4.69) is 17.5 Å². The van der Waals surface area contributed by atoms with E-state index in [9.17, 15) is 4.79 Å². The smallest absolute Gasteiger partial charge is 0.271 e. The monoisotopic (exact) mass is 454 g/mol. The Morgan fingerprint density at radius 3 is 2.38 bits per heavy atom. The van der Waals surface area contributed by atoms with Crippen molar-refractivity contribution in [1.29, 1.82) is 0 Å². The molecule has 1 N–H and O–H groups in total. The van der Waals surface area contributed by atoms with E-state index in [0.717, 1.165) is 34.7 Å². The van der Waals surface area contributed by atoms with Crippen LogP contribution in [-0.2, 0) is 0 Å². The highest BCUT2D eigenvalue weighted by Crippen LogP contribution is 2.25. The van der Waals surface area contributed by atoms with Gasteiger partial charge in [0.1, 0.15) is 17.2 Å². The third-order valence-corrected chi connectivity index (χ3v) is 5.09. The lowest BCUT2D eigenvalue weighted by atomic mass is 10.1. The van der Waals surface area contributed by atoms with Crippen LogP contribution in [0, 0.1) is 0 Å². The number of nitrogens with zero attached hydrogens (tertiary/aromatic N) is 3. The van der Waals surface area contributed by atoms with Gasteiger partial charge in [-0.2, -0.15) is 10.2 Å². The van der Waals surface area contributed by atoms with Crippen molar-refractivity contribution in [2.24, 2.45) is 5.10 Å². The number of para-hydroxylation sites is 1. The molecular weight excluding hydrogens is 428 g/mol. The lowest BCUT2D eigenvalue weighted by Crippen LogP contribution is -2.17. The van der Waals surface area contributed by atoms with Crippen molar-refractivity contribution < 1.29 is 14.3 Å². The molecule has 34 heavy (non-hydrogen) atoms. The molecule has 0 saturated carbocycles. The molecule has 4 aromatic rings. The first-order valence-corrected chi connectivity index (χ1v) is 11.0. The van der Waals surface area contributed by atoms with E-state index in [-0.39, 0.29) is 5.91 Å². The normalized spacial score (nSPS) is 10.9. The highest BCUT2D eigenvalue weighted by molar-refractivity contribution is 5.95. The average molecular weight is 455 g/mol. The molecule has 1 amide bonds. The molecule has 7 heteroatoms. The summed E-state index contributed by atoms with van der Waals surface area (Å²) in [5.41, 5.74) is 6.42. The van der Waals surface area contributed by atoms with Gasteiger partial charge in [0.05, 0.1) is 25.6 Å². The number of nitrogens with one attached hydrogen (secondary N) is 1. The number of aromatic nitrogens is 2. The molecule has 0 aliphatic heterocycles. The van der Waals surface area contributed by atoms with Crippen LogP contribution in [0.3, 0.4) is 0 Å². The predicted octanol–water partition coefficient (Wildman–Crippen LogP) is 5.10. The van der Waals surface area contributed by atoms with Crippen molar-refractivity contribution in [2.45, 2.75) is 13.3 Å². The summed E-state index contributed by atoms with van der Waals surface area (Å²) in [5, 5.41) is 8.95. The summed E-state index contributed by atoms with van der Waals surface area (Å²) in [7, 11) is 1.58. The van der Waals surface area contributed by atoms with Gasteiger partial charge in [-0.3, -0.25) is 4.79 Å². The van der Waals surface area contributed by atoms with Gasteiger partial charge in [0.15, 0.2) is 0 Å². The minimum absolute atomic E-state index is 0.312. The lowest BCUT2D eigenvalue weighted by molar-refractivity contribution is 0.0955. The van der Waals surface area contributed by atoms with E-state index in [1.807, 2.05) is 60.8 Å². The molecule has 0 radical (unpaired) electrons. The first-order valence-electron chi connectivity index (χ1n) is 11.0. The molecule has 0 atom stereocenters. The first kappa shape index (κ1) is 22.8. The molecule has 0 fully saturated rings. The van der Waals surface area contributed by atoms with E-state index in [1.165, 1.54) is 0 Å². The molecule has 3 aromatic carbocycles. The van der Waals surface area contributed by atoms with Gasteiger partial charge in [-0.25, -0.2) is 10.1 Å². The summed E-state index contributed by atoms with van der Waals surface area (Å²) in [6, 6.07) is 24.5. The van der Waals surface area contributed by atoms with Crippen LogP contribution in [0.5, 0.6) is 11.5 Å². The van der Waals surface area contributed by atoms with E-state index in [4.69, 9.17) is 14.6 Å². The van der Waals surface area contributed by atoms with Crippen molar-refractivity contribution in [2.75, 3.05) is 13.7 Å². The Bertz CT molecular complexity index is 1250. The van der Waals surface area contributed by atoms with E-state index in [1.54, 1.807) is 42.3 Å². The largest absolute Gasteiger partial charge is 0.497 e. The summed E-state index contributed by atoms with van der Waals surface area (Å²) < 4.78 is 12.6. The molecule has 0 bridgehead atoms. The minimum Gasteiger partial charge on any atom is -0.497 e. The third-order valence-electron chi connectivity index (χ3n) is 5.09. The number of carbonyl (C=O) groups is 1. The Balaban J connectivity index is 1.58. The number of ether oxygens (including phenoxy) is 2. The Kier molecular flexibility index (Phi) is 7.35. The van der Waals surface area contributed by atoms with Crippen LogP contribution in [0.1, 0.15) is 29.3 Å². The molecule has 0 unspecified atom stereocenters. The summed E-state index contributed by atoms with van der Waals surface area (Å²) in [6.45, 7) is 2.75.